The van der Waals surface area contributed by atoms with Crippen LogP contribution in [0.4, 0.5) is 21.5 Å². The first-order valence-corrected chi connectivity index (χ1v) is 14.8. The van der Waals surface area contributed by atoms with Crippen LogP contribution in [-0.4, -0.2) is 29.3 Å². The van der Waals surface area contributed by atoms with Crippen LogP contribution in [0, 0.1) is 12.7 Å². The molecular formula is C27H23ClFN3O5S2. The van der Waals surface area contributed by atoms with E-state index in [0.29, 0.717) is 10.7 Å². The topological polar surface area (TPSA) is 113 Å². The smallest absolute Gasteiger partial charge is 0.264 e. The molecule has 0 aliphatic heterocycles. The second-order valence-corrected chi connectivity index (χ2v) is 12.5. The van der Waals surface area contributed by atoms with Gasteiger partial charge in [-0.25, -0.2) is 21.2 Å². The van der Waals surface area contributed by atoms with E-state index in [1.165, 1.54) is 60.7 Å². The SMILES string of the molecule is Cc1ccc(N(CC(=O)Nc2ccc(S(=O)(=O)Nc3ccc(F)cc3)cc2)S(=O)(=O)c2ccc(Cl)cc2)cc1. The molecule has 0 bridgehead atoms. The summed E-state index contributed by atoms with van der Waals surface area (Å²) in [6, 6.07) is 22.4. The van der Waals surface area contributed by atoms with Gasteiger partial charge in [0.15, 0.2) is 0 Å². The van der Waals surface area contributed by atoms with Gasteiger partial charge in [0.25, 0.3) is 20.0 Å². The number of rotatable bonds is 9. The van der Waals surface area contributed by atoms with Gasteiger partial charge in [0.1, 0.15) is 12.4 Å². The van der Waals surface area contributed by atoms with E-state index in [4.69, 9.17) is 11.6 Å². The van der Waals surface area contributed by atoms with E-state index in [1.807, 2.05) is 6.92 Å². The number of carbonyl (C=O) groups excluding carboxylic acids is 1. The number of halogens is 2. The standard InChI is InChI=1S/C27H23ClFN3O5S2/c1-19-2-12-24(13-3-19)32(39(36,37)26-14-4-20(28)5-15-26)18-27(33)30-22-10-16-25(17-11-22)38(34,35)31-23-8-6-21(29)7-9-23/h2-17,31H,18H2,1H3,(H,30,33). The van der Waals surface area contributed by atoms with Crippen molar-refractivity contribution < 1.29 is 26.0 Å². The molecule has 0 aliphatic rings. The Kier molecular flexibility index (Phi) is 8.24. The Balaban J connectivity index is 1.52. The van der Waals surface area contributed by atoms with Gasteiger partial charge >= 0.3 is 0 Å². The lowest BCUT2D eigenvalue weighted by atomic mass is 10.2. The summed E-state index contributed by atoms with van der Waals surface area (Å²) in [6.45, 7) is 1.31. The van der Waals surface area contributed by atoms with Crippen LogP contribution in [0.1, 0.15) is 5.56 Å². The zero-order valence-corrected chi connectivity index (χ0v) is 22.9. The molecule has 0 saturated carbocycles. The second-order valence-electron chi connectivity index (χ2n) is 8.49. The fourth-order valence-electron chi connectivity index (χ4n) is 3.54. The molecule has 1 amide bonds. The van der Waals surface area contributed by atoms with Gasteiger partial charge in [-0.3, -0.25) is 13.8 Å². The first-order valence-electron chi connectivity index (χ1n) is 11.5. The van der Waals surface area contributed by atoms with Gasteiger partial charge < -0.3 is 5.32 Å². The van der Waals surface area contributed by atoms with Gasteiger partial charge in [-0.15, -0.1) is 0 Å². The Morgan fingerprint density at radius 2 is 1.31 bits per heavy atom. The molecule has 12 heteroatoms. The first kappa shape index (κ1) is 28.1. The molecular weight excluding hydrogens is 565 g/mol. The minimum absolute atomic E-state index is 0.0384. The van der Waals surface area contributed by atoms with Crippen molar-refractivity contribution in [1.29, 1.82) is 0 Å². The van der Waals surface area contributed by atoms with Crippen molar-refractivity contribution in [2.45, 2.75) is 16.7 Å². The largest absolute Gasteiger partial charge is 0.325 e. The van der Waals surface area contributed by atoms with Crippen molar-refractivity contribution >= 4 is 54.6 Å². The summed E-state index contributed by atoms with van der Waals surface area (Å²) in [5, 5.41) is 2.97. The lowest BCUT2D eigenvalue weighted by Gasteiger charge is -2.24. The summed E-state index contributed by atoms with van der Waals surface area (Å²) in [5.41, 5.74) is 1.65. The number of carbonyl (C=O) groups is 1. The molecule has 2 N–H and O–H groups in total. The summed E-state index contributed by atoms with van der Waals surface area (Å²) in [5.74, 6) is -1.15. The predicted molar refractivity (Wildman–Crippen MR) is 149 cm³/mol. The van der Waals surface area contributed by atoms with Crippen molar-refractivity contribution in [3.63, 3.8) is 0 Å². The Hall–Kier alpha value is -3.93. The highest BCUT2D eigenvalue weighted by atomic mass is 35.5. The number of anilines is 3. The van der Waals surface area contributed by atoms with Crippen molar-refractivity contribution in [2.75, 3.05) is 20.9 Å². The molecule has 0 aromatic heterocycles. The molecule has 39 heavy (non-hydrogen) atoms. The molecule has 0 atom stereocenters. The van der Waals surface area contributed by atoms with Crippen LogP contribution in [0.25, 0.3) is 0 Å². The van der Waals surface area contributed by atoms with Gasteiger partial charge in [-0.2, -0.15) is 0 Å². The zero-order valence-electron chi connectivity index (χ0n) is 20.5. The predicted octanol–water partition coefficient (Wildman–Crippen LogP) is 5.42. The maximum Gasteiger partial charge on any atom is 0.264 e. The first-order chi connectivity index (χ1) is 18.4. The Morgan fingerprint density at radius 3 is 1.90 bits per heavy atom. The Labute approximate surface area is 231 Å². The van der Waals surface area contributed by atoms with Crippen molar-refractivity contribution in [3.8, 4) is 0 Å². The molecule has 0 fully saturated rings. The average molecular weight is 588 g/mol. The summed E-state index contributed by atoms with van der Waals surface area (Å²) in [7, 11) is -8.09. The van der Waals surface area contributed by atoms with Crippen molar-refractivity contribution in [1.82, 2.24) is 0 Å². The van der Waals surface area contributed by atoms with Gasteiger partial charge in [0, 0.05) is 16.4 Å². The van der Waals surface area contributed by atoms with E-state index in [2.05, 4.69) is 10.0 Å². The third-order valence-corrected chi connectivity index (χ3v) is 8.99. The lowest BCUT2D eigenvalue weighted by molar-refractivity contribution is -0.114. The van der Waals surface area contributed by atoms with Crippen LogP contribution in [-0.2, 0) is 24.8 Å². The van der Waals surface area contributed by atoms with E-state index in [-0.39, 0.29) is 21.2 Å². The summed E-state index contributed by atoms with van der Waals surface area (Å²) < 4.78 is 68.6. The molecule has 4 rings (SSSR count). The highest BCUT2D eigenvalue weighted by molar-refractivity contribution is 7.93. The molecule has 0 saturated heterocycles. The van der Waals surface area contributed by atoms with Gasteiger partial charge in [-0.1, -0.05) is 29.3 Å². The Bertz CT molecular complexity index is 1680. The number of sulfonamides is 2. The third kappa shape index (κ3) is 6.94. The number of hydrogen-bond acceptors (Lipinski definition) is 5. The van der Waals surface area contributed by atoms with E-state index in [9.17, 15) is 26.0 Å². The summed E-state index contributed by atoms with van der Waals surface area (Å²) >= 11 is 5.91. The van der Waals surface area contributed by atoms with Gasteiger partial charge in [0.2, 0.25) is 5.91 Å². The van der Waals surface area contributed by atoms with Crippen molar-refractivity contribution in [2.24, 2.45) is 0 Å². The molecule has 0 radical (unpaired) electrons. The maximum absolute atomic E-state index is 13.4. The number of aryl methyl sites for hydroxylation is 1. The summed E-state index contributed by atoms with van der Waals surface area (Å²) in [4.78, 5) is 12.8. The number of benzene rings is 4. The van der Waals surface area contributed by atoms with E-state index >= 15 is 0 Å². The normalized spacial score (nSPS) is 11.6. The molecule has 0 aliphatic carbocycles. The summed E-state index contributed by atoms with van der Waals surface area (Å²) in [6.07, 6.45) is 0. The van der Waals surface area contributed by atoms with Gasteiger partial charge in [0.05, 0.1) is 15.5 Å². The minimum atomic E-state index is -4.13. The van der Waals surface area contributed by atoms with E-state index in [0.717, 1.165) is 22.0 Å². The van der Waals surface area contributed by atoms with Gasteiger partial charge in [-0.05, 0) is 91.9 Å². The van der Waals surface area contributed by atoms with Crippen LogP contribution in [0.5, 0.6) is 0 Å². The molecule has 0 spiro atoms. The minimum Gasteiger partial charge on any atom is -0.325 e. The highest BCUT2D eigenvalue weighted by Crippen LogP contribution is 2.26. The van der Waals surface area contributed by atoms with Crippen LogP contribution < -0.4 is 14.3 Å². The van der Waals surface area contributed by atoms with Crippen LogP contribution in [0.3, 0.4) is 0 Å². The molecule has 8 nitrogen and oxygen atoms in total. The molecule has 4 aromatic rings. The molecule has 202 valence electrons. The quantitative estimate of drug-likeness (QED) is 0.271. The second kappa shape index (κ2) is 11.4. The lowest BCUT2D eigenvalue weighted by Crippen LogP contribution is -2.38. The molecule has 0 heterocycles. The number of amides is 1. The maximum atomic E-state index is 13.4. The highest BCUT2D eigenvalue weighted by Gasteiger charge is 2.27. The third-order valence-electron chi connectivity index (χ3n) is 5.56. The molecule has 0 unspecified atom stereocenters. The number of nitrogens with one attached hydrogen (secondary N) is 2. The van der Waals surface area contributed by atoms with Crippen LogP contribution >= 0.6 is 11.6 Å². The Morgan fingerprint density at radius 1 is 0.769 bits per heavy atom. The van der Waals surface area contributed by atoms with Crippen LogP contribution in [0.2, 0.25) is 5.02 Å². The fraction of sp³-hybridized carbons (Fsp3) is 0.0741. The average Bonchev–Trinajstić information content (AvgIpc) is 2.90. The van der Waals surface area contributed by atoms with E-state index < -0.39 is 38.3 Å². The fourth-order valence-corrected chi connectivity index (χ4v) is 6.15. The van der Waals surface area contributed by atoms with Crippen molar-refractivity contribution in [3.05, 3.63) is 113 Å². The zero-order chi connectivity index (χ0) is 28.2. The van der Waals surface area contributed by atoms with E-state index in [1.54, 1.807) is 24.3 Å². The monoisotopic (exact) mass is 587 g/mol. The molecule has 4 aromatic carbocycles. The van der Waals surface area contributed by atoms with Crippen LogP contribution in [0.15, 0.2) is 107 Å². The number of nitrogens with zero attached hydrogens (tertiary/aromatic N) is 1. The number of hydrogen-bond donors (Lipinski definition) is 2.